The van der Waals surface area contributed by atoms with Crippen LogP contribution in [0.25, 0.3) is 0 Å². The van der Waals surface area contributed by atoms with Gasteiger partial charge in [0.2, 0.25) is 0 Å². The third kappa shape index (κ3) is 5.31. The van der Waals surface area contributed by atoms with Crippen molar-refractivity contribution in [3.63, 3.8) is 0 Å². The third-order valence-corrected chi connectivity index (χ3v) is 3.58. The molecule has 0 amide bonds. The fourth-order valence-corrected chi connectivity index (χ4v) is 2.26. The number of nitrogens with one attached hydrogen (secondary N) is 1. The van der Waals surface area contributed by atoms with Gasteiger partial charge in [-0.15, -0.1) is 0 Å². The minimum absolute atomic E-state index is 0.158. The van der Waals surface area contributed by atoms with Crippen LogP contribution >= 0.6 is 15.9 Å². The third-order valence-electron chi connectivity index (χ3n) is 3.00. The first-order valence-corrected chi connectivity index (χ1v) is 7.64. The highest BCUT2D eigenvalue weighted by molar-refractivity contribution is 9.10. The summed E-state index contributed by atoms with van der Waals surface area (Å²) < 4.78 is 17.3. The first kappa shape index (κ1) is 17.3. The zero-order valence-corrected chi connectivity index (χ0v) is 14.2. The Balaban J connectivity index is 2.78. The van der Waals surface area contributed by atoms with Gasteiger partial charge >= 0.3 is 0 Å². The van der Waals surface area contributed by atoms with Gasteiger partial charge in [-0.1, -0.05) is 6.92 Å². The number of benzene rings is 1. The molecule has 0 fully saturated rings. The molecule has 0 heterocycles. The molecule has 20 heavy (non-hydrogen) atoms. The first-order chi connectivity index (χ1) is 9.62. The number of methoxy groups -OCH3 is 2. The van der Waals surface area contributed by atoms with Crippen LogP contribution in [0.15, 0.2) is 16.6 Å². The van der Waals surface area contributed by atoms with Crippen molar-refractivity contribution in [1.82, 2.24) is 5.32 Å². The molecule has 4 nitrogen and oxygen atoms in total. The predicted molar refractivity (Wildman–Crippen MR) is 84.7 cm³/mol. The van der Waals surface area contributed by atoms with E-state index >= 15 is 0 Å². The van der Waals surface area contributed by atoms with Gasteiger partial charge in [0.25, 0.3) is 0 Å². The highest BCUT2D eigenvalue weighted by atomic mass is 79.9. The van der Waals surface area contributed by atoms with Gasteiger partial charge in [0, 0.05) is 20.2 Å². The van der Waals surface area contributed by atoms with Gasteiger partial charge in [0.05, 0.1) is 24.3 Å². The van der Waals surface area contributed by atoms with Gasteiger partial charge in [0.1, 0.15) is 0 Å². The van der Waals surface area contributed by atoms with Crippen molar-refractivity contribution in [2.45, 2.75) is 32.9 Å². The number of hydrogen-bond acceptors (Lipinski definition) is 4. The molecule has 1 aromatic rings. The topological polar surface area (TPSA) is 39.7 Å². The largest absolute Gasteiger partial charge is 0.493 e. The SMILES string of the molecule is CCC(C)Oc1c(Br)cc(CNCCOC)cc1OC. The van der Waals surface area contributed by atoms with E-state index in [-0.39, 0.29) is 6.10 Å². The molecular weight excluding hydrogens is 322 g/mol. The maximum Gasteiger partial charge on any atom is 0.175 e. The van der Waals surface area contributed by atoms with Crippen LogP contribution in [0.3, 0.4) is 0 Å². The van der Waals surface area contributed by atoms with E-state index in [0.717, 1.165) is 41.0 Å². The molecule has 1 N–H and O–H groups in total. The summed E-state index contributed by atoms with van der Waals surface area (Å²) in [5, 5.41) is 3.31. The Morgan fingerprint density at radius 3 is 2.65 bits per heavy atom. The highest BCUT2D eigenvalue weighted by Crippen LogP contribution is 2.37. The van der Waals surface area contributed by atoms with E-state index in [0.29, 0.717) is 6.61 Å². The van der Waals surface area contributed by atoms with Crippen LogP contribution in [0, 0.1) is 0 Å². The van der Waals surface area contributed by atoms with Gasteiger partial charge < -0.3 is 19.5 Å². The maximum absolute atomic E-state index is 5.90. The second-order valence-corrected chi connectivity index (χ2v) is 5.47. The Labute approximate surface area is 129 Å². The average molecular weight is 346 g/mol. The fourth-order valence-electron chi connectivity index (χ4n) is 1.68. The fraction of sp³-hybridized carbons (Fsp3) is 0.600. The van der Waals surface area contributed by atoms with Crippen LogP contribution in [0.5, 0.6) is 11.5 Å². The maximum atomic E-state index is 5.90. The number of halogens is 1. The van der Waals surface area contributed by atoms with Crippen LogP contribution in [0.4, 0.5) is 0 Å². The molecule has 0 aromatic heterocycles. The van der Waals surface area contributed by atoms with Crippen LogP contribution in [0.2, 0.25) is 0 Å². The van der Waals surface area contributed by atoms with Crippen LogP contribution in [-0.4, -0.2) is 33.5 Å². The van der Waals surface area contributed by atoms with Crippen molar-refractivity contribution in [3.05, 3.63) is 22.2 Å². The normalized spacial score (nSPS) is 12.2. The summed E-state index contributed by atoms with van der Waals surface area (Å²) in [6.07, 6.45) is 1.11. The van der Waals surface area contributed by atoms with Crippen LogP contribution in [-0.2, 0) is 11.3 Å². The smallest absolute Gasteiger partial charge is 0.175 e. The Morgan fingerprint density at radius 1 is 1.30 bits per heavy atom. The molecule has 1 unspecified atom stereocenters. The molecule has 5 heteroatoms. The van der Waals surface area contributed by atoms with E-state index < -0.39 is 0 Å². The van der Waals surface area contributed by atoms with Gasteiger partial charge in [0.15, 0.2) is 11.5 Å². The zero-order valence-electron chi connectivity index (χ0n) is 12.7. The van der Waals surface area contributed by atoms with Crippen molar-refractivity contribution in [3.8, 4) is 11.5 Å². The summed E-state index contributed by atoms with van der Waals surface area (Å²) in [6, 6.07) is 4.06. The van der Waals surface area contributed by atoms with Gasteiger partial charge in [-0.05, 0) is 47.0 Å². The van der Waals surface area contributed by atoms with E-state index in [9.17, 15) is 0 Å². The highest BCUT2D eigenvalue weighted by Gasteiger charge is 2.13. The molecule has 0 saturated carbocycles. The monoisotopic (exact) mass is 345 g/mol. The van der Waals surface area contributed by atoms with Crippen molar-refractivity contribution in [2.75, 3.05) is 27.4 Å². The Kier molecular flexibility index (Phi) is 7.95. The molecule has 0 aliphatic heterocycles. The van der Waals surface area contributed by atoms with E-state index in [1.807, 2.05) is 13.0 Å². The minimum Gasteiger partial charge on any atom is -0.493 e. The second kappa shape index (κ2) is 9.21. The minimum atomic E-state index is 0.158. The Bertz CT molecular complexity index is 412. The molecule has 0 aliphatic rings. The van der Waals surface area contributed by atoms with Crippen molar-refractivity contribution in [2.24, 2.45) is 0 Å². The lowest BCUT2D eigenvalue weighted by atomic mass is 10.2. The molecular formula is C15H24BrNO3. The van der Waals surface area contributed by atoms with Crippen LogP contribution in [0.1, 0.15) is 25.8 Å². The molecule has 1 aromatic carbocycles. The van der Waals surface area contributed by atoms with Gasteiger partial charge in [-0.2, -0.15) is 0 Å². The zero-order chi connectivity index (χ0) is 15.0. The summed E-state index contributed by atoms with van der Waals surface area (Å²) in [4.78, 5) is 0. The Hall–Kier alpha value is -0.780. The summed E-state index contributed by atoms with van der Waals surface area (Å²) in [5.74, 6) is 1.52. The van der Waals surface area contributed by atoms with E-state index in [2.05, 4.69) is 34.2 Å². The van der Waals surface area contributed by atoms with Crippen molar-refractivity contribution >= 4 is 15.9 Å². The lowest BCUT2D eigenvalue weighted by Gasteiger charge is -2.18. The van der Waals surface area contributed by atoms with E-state index in [1.54, 1.807) is 14.2 Å². The number of rotatable bonds is 9. The lowest BCUT2D eigenvalue weighted by Crippen LogP contribution is -2.18. The second-order valence-electron chi connectivity index (χ2n) is 4.62. The Morgan fingerprint density at radius 2 is 2.05 bits per heavy atom. The molecule has 1 rings (SSSR count). The van der Waals surface area contributed by atoms with Gasteiger partial charge in [-0.3, -0.25) is 0 Å². The van der Waals surface area contributed by atoms with E-state index in [4.69, 9.17) is 14.2 Å². The van der Waals surface area contributed by atoms with Crippen molar-refractivity contribution in [1.29, 1.82) is 0 Å². The molecule has 1 atom stereocenters. The van der Waals surface area contributed by atoms with Gasteiger partial charge in [-0.25, -0.2) is 0 Å². The molecule has 0 aliphatic carbocycles. The summed E-state index contributed by atoms with van der Waals surface area (Å²) >= 11 is 3.56. The summed E-state index contributed by atoms with van der Waals surface area (Å²) in [7, 11) is 3.36. The molecule has 0 bridgehead atoms. The standard InChI is InChI=1S/C15H24BrNO3/c1-5-11(2)20-15-13(16)8-12(9-14(15)19-4)10-17-6-7-18-3/h8-9,11,17H,5-7,10H2,1-4H3. The quantitative estimate of drug-likeness (QED) is 0.696. The number of ether oxygens (including phenoxy) is 3. The van der Waals surface area contributed by atoms with Crippen molar-refractivity contribution < 1.29 is 14.2 Å². The van der Waals surface area contributed by atoms with E-state index in [1.165, 1.54) is 0 Å². The molecule has 114 valence electrons. The van der Waals surface area contributed by atoms with Crippen LogP contribution < -0.4 is 14.8 Å². The average Bonchev–Trinajstić information content (AvgIpc) is 2.45. The first-order valence-electron chi connectivity index (χ1n) is 6.85. The predicted octanol–water partition coefficient (Wildman–Crippen LogP) is 3.37. The number of hydrogen-bond donors (Lipinski definition) is 1. The lowest BCUT2D eigenvalue weighted by molar-refractivity contribution is 0.199. The molecule has 0 spiro atoms. The summed E-state index contributed by atoms with van der Waals surface area (Å²) in [5.41, 5.74) is 1.14. The summed E-state index contributed by atoms with van der Waals surface area (Å²) in [6.45, 7) is 6.43. The molecule has 0 radical (unpaired) electrons. The molecule has 0 saturated heterocycles.